The number of nitrogens with zero attached hydrogens (tertiary/aromatic N) is 1. The minimum absolute atomic E-state index is 0.0192. The molecule has 5 nitrogen and oxygen atoms in total. The van der Waals surface area contributed by atoms with Gasteiger partial charge in [-0.2, -0.15) is 0 Å². The van der Waals surface area contributed by atoms with Crippen LogP contribution in [-0.2, 0) is 20.5 Å². The average Bonchev–Trinajstić information content (AvgIpc) is 2.63. The summed E-state index contributed by atoms with van der Waals surface area (Å²) in [4.78, 5) is 2.26. The topological polar surface area (TPSA) is 58.6 Å². The molecule has 0 aromatic heterocycles. The maximum absolute atomic E-state index is 12.5. The monoisotopic (exact) mass is 394 g/mol. The van der Waals surface area contributed by atoms with Crippen LogP contribution < -0.4 is 4.72 Å². The van der Waals surface area contributed by atoms with Crippen LogP contribution in [0.25, 0.3) is 0 Å². The molecular weight excluding hydrogens is 372 g/mol. The molecule has 0 bridgehead atoms. The molecule has 1 N–H and O–H groups in total. The zero-order valence-electron chi connectivity index (χ0n) is 14.5. The fraction of sp³-hybridized carbons (Fsp3) is 0.368. The molecule has 2 aromatic carbocycles. The summed E-state index contributed by atoms with van der Waals surface area (Å²) in [5, 5.41) is 0.535. The summed E-state index contributed by atoms with van der Waals surface area (Å²) in [6.45, 7) is 3.23. The van der Waals surface area contributed by atoms with Crippen LogP contribution in [0.2, 0.25) is 5.02 Å². The Bertz CT molecular complexity index is 809. The van der Waals surface area contributed by atoms with E-state index in [0.717, 1.165) is 18.7 Å². The van der Waals surface area contributed by atoms with Crippen LogP contribution in [0.3, 0.4) is 0 Å². The predicted molar refractivity (Wildman–Crippen MR) is 104 cm³/mol. The minimum atomic E-state index is -3.46. The van der Waals surface area contributed by atoms with E-state index in [0.29, 0.717) is 30.3 Å². The molecule has 0 spiro atoms. The normalized spacial score (nSPS) is 17.1. The van der Waals surface area contributed by atoms with E-state index in [1.165, 1.54) is 0 Å². The predicted octanol–water partition coefficient (Wildman–Crippen LogP) is 2.83. The first-order valence-corrected chi connectivity index (χ1v) is 10.6. The maximum atomic E-state index is 12.5. The Morgan fingerprint density at radius 1 is 1.08 bits per heavy atom. The molecule has 1 heterocycles. The lowest BCUT2D eigenvalue weighted by molar-refractivity contribution is 0.0172. The van der Waals surface area contributed by atoms with Gasteiger partial charge in [-0.05, 0) is 23.3 Å². The molecule has 1 fully saturated rings. The van der Waals surface area contributed by atoms with E-state index in [4.69, 9.17) is 16.3 Å². The van der Waals surface area contributed by atoms with Crippen molar-refractivity contribution in [3.05, 3.63) is 70.7 Å². The van der Waals surface area contributed by atoms with E-state index >= 15 is 0 Å². The van der Waals surface area contributed by atoms with Gasteiger partial charge >= 0.3 is 0 Å². The molecule has 1 unspecified atom stereocenters. The van der Waals surface area contributed by atoms with Crippen molar-refractivity contribution in [3.63, 3.8) is 0 Å². The molecule has 2 aromatic rings. The minimum Gasteiger partial charge on any atom is -0.379 e. The molecule has 0 amide bonds. The van der Waals surface area contributed by atoms with Crippen LogP contribution in [0.5, 0.6) is 0 Å². The second kappa shape index (κ2) is 8.97. The zero-order chi connectivity index (χ0) is 18.4. The van der Waals surface area contributed by atoms with E-state index in [-0.39, 0.29) is 11.8 Å². The van der Waals surface area contributed by atoms with Gasteiger partial charge in [0, 0.05) is 30.7 Å². The van der Waals surface area contributed by atoms with Gasteiger partial charge in [-0.15, -0.1) is 0 Å². The van der Waals surface area contributed by atoms with E-state index in [1.54, 1.807) is 24.3 Å². The van der Waals surface area contributed by atoms with Crippen molar-refractivity contribution in [2.24, 2.45) is 0 Å². The van der Waals surface area contributed by atoms with Crippen LogP contribution >= 0.6 is 11.6 Å². The van der Waals surface area contributed by atoms with E-state index in [2.05, 4.69) is 9.62 Å². The smallest absolute Gasteiger partial charge is 0.215 e. The maximum Gasteiger partial charge on any atom is 0.215 e. The van der Waals surface area contributed by atoms with Crippen molar-refractivity contribution in [3.8, 4) is 0 Å². The van der Waals surface area contributed by atoms with Crippen LogP contribution in [0.15, 0.2) is 54.6 Å². The number of morpholine rings is 1. The lowest BCUT2D eigenvalue weighted by Crippen LogP contribution is -2.44. The summed E-state index contributed by atoms with van der Waals surface area (Å²) >= 11 is 5.95. The van der Waals surface area contributed by atoms with E-state index < -0.39 is 10.0 Å². The van der Waals surface area contributed by atoms with Gasteiger partial charge in [0.25, 0.3) is 0 Å². The first-order chi connectivity index (χ1) is 12.5. The SMILES string of the molecule is O=S(=O)(Cc1cccc(Cl)c1)NCC(c1ccccc1)N1CCOCC1. The molecule has 26 heavy (non-hydrogen) atoms. The van der Waals surface area contributed by atoms with Crippen LogP contribution in [0.4, 0.5) is 0 Å². The average molecular weight is 395 g/mol. The number of sulfonamides is 1. The van der Waals surface area contributed by atoms with E-state index in [9.17, 15) is 8.42 Å². The fourth-order valence-electron chi connectivity index (χ4n) is 3.13. The van der Waals surface area contributed by atoms with Gasteiger partial charge in [-0.1, -0.05) is 54.1 Å². The summed E-state index contributed by atoms with van der Waals surface area (Å²) in [6, 6.07) is 16.9. The lowest BCUT2D eigenvalue weighted by Gasteiger charge is -2.34. The molecule has 0 saturated carbocycles. The Morgan fingerprint density at radius 3 is 2.50 bits per heavy atom. The third kappa shape index (κ3) is 5.53. The van der Waals surface area contributed by atoms with Crippen LogP contribution in [-0.4, -0.2) is 46.2 Å². The number of ether oxygens (including phenoxy) is 1. The van der Waals surface area contributed by atoms with Crippen LogP contribution in [0.1, 0.15) is 17.2 Å². The second-order valence-electron chi connectivity index (χ2n) is 6.31. The Labute approximate surface area is 160 Å². The van der Waals surface area contributed by atoms with Gasteiger partial charge in [-0.3, -0.25) is 4.90 Å². The van der Waals surface area contributed by atoms with Crippen molar-refractivity contribution in [2.75, 3.05) is 32.8 Å². The first kappa shape index (κ1) is 19.3. The Morgan fingerprint density at radius 2 is 1.81 bits per heavy atom. The number of rotatable bonds is 7. The van der Waals surface area contributed by atoms with Gasteiger partial charge in [0.2, 0.25) is 10.0 Å². The summed E-state index contributed by atoms with van der Waals surface area (Å²) in [5.74, 6) is -0.0851. The summed E-state index contributed by atoms with van der Waals surface area (Å²) in [5.41, 5.74) is 1.77. The third-order valence-electron chi connectivity index (χ3n) is 4.41. The highest BCUT2D eigenvalue weighted by molar-refractivity contribution is 7.88. The third-order valence-corrected chi connectivity index (χ3v) is 5.97. The molecule has 7 heteroatoms. The molecular formula is C19H23ClN2O3S. The quantitative estimate of drug-likeness (QED) is 0.784. The highest BCUT2D eigenvalue weighted by atomic mass is 35.5. The zero-order valence-corrected chi connectivity index (χ0v) is 16.0. The molecule has 3 rings (SSSR count). The molecule has 0 aliphatic carbocycles. The number of hydrogen-bond donors (Lipinski definition) is 1. The van der Waals surface area contributed by atoms with Gasteiger partial charge < -0.3 is 4.74 Å². The highest BCUT2D eigenvalue weighted by Gasteiger charge is 2.24. The van der Waals surface area contributed by atoms with Gasteiger partial charge in [0.15, 0.2) is 0 Å². The summed E-state index contributed by atoms with van der Waals surface area (Å²) < 4.78 is 33.3. The largest absolute Gasteiger partial charge is 0.379 e. The first-order valence-electron chi connectivity index (χ1n) is 8.62. The number of hydrogen-bond acceptors (Lipinski definition) is 4. The number of halogens is 1. The number of nitrogens with one attached hydrogen (secondary N) is 1. The van der Waals surface area contributed by atoms with Gasteiger partial charge in [0.1, 0.15) is 0 Å². The summed E-state index contributed by atoms with van der Waals surface area (Å²) in [7, 11) is -3.46. The summed E-state index contributed by atoms with van der Waals surface area (Å²) in [6.07, 6.45) is 0. The highest BCUT2D eigenvalue weighted by Crippen LogP contribution is 2.21. The van der Waals surface area contributed by atoms with Crippen molar-refractivity contribution in [1.29, 1.82) is 0 Å². The Kier molecular flexibility index (Phi) is 6.67. The molecule has 1 atom stereocenters. The molecule has 140 valence electrons. The molecule has 0 radical (unpaired) electrons. The van der Waals surface area contributed by atoms with Gasteiger partial charge in [0.05, 0.1) is 19.0 Å². The second-order valence-corrected chi connectivity index (χ2v) is 8.56. The van der Waals surface area contributed by atoms with Crippen molar-refractivity contribution in [1.82, 2.24) is 9.62 Å². The van der Waals surface area contributed by atoms with Crippen LogP contribution in [0, 0.1) is 0 Å². The molecule has 1 saturated heterocycles. The Hall–Kier alpha value is -1.44. The van der Waals surface area contributed by atoms with Crippen molar-refractivity contribution in [2.45, 2.75) is 11.8 Å². The molecule has 1 aliphatic heterocycles. The standard InChI is InChI=1S/C19H23ClN2O3S/c20-18-8-4-5-16(13-18)15-26(23,24)21-14-19(17-6-2-1-3-7-17)22-9-11-25-12-10-22/h1-8,13,19,21H,9-12,14-15H2. The van der Waals surface area contributed by atoms with Crippen molar-refractivity contribution >= 4 is 21.6 Å². The fourth-order valence-corrected chi connectivity index (χ4v) is 4.47. The van der Waals surface area contributed by atoms with Crippen molar-refractivity contribution < 1.29 is 13.2 Å². The molecule has 1 aliphatic rings. The Balaban J connectivity index is 1.70. The lowest BCUT2D eigenvalue weighted by atomic mass is 10.1. The number of benzene rings is 2. The van der Waals surface area contributed by atoms with E-state index in [1.807, 2.05) is 30.3 Å². The van der Waals surface area contributed by atoms with Gasteiger partial charge in [-0.25, -0.2) is 13.1 Å².